The third-order valence-corrected chi connectivity index (χ3v) is 2.33. The lowest BCUT2D eigenvalue weighted by Crippen LogP contribution is -1.93. The highest BCUT2D eigenvalue weighted by Gasteiger charge is 2.11. The maximum absolute atomic E-state index is 13.1. The zero-order valence-corrected chi connectivity index (χ0v) is 8.02. The van der Waals surface area contributed by atoms with Gasteiger partial charge in [-0.05, 0) is 6.07 Å². The predicted molar refractivity (Wildman–Crippen MR) is 48.6 cm³/mol. The predicted octanol–water partition coefficient (Wildman–Crippen LogP) is 3.82. The van der Waals surface area contributed by atoms with Crippen LogP contribution in [0.25, 0.3) is 0 Å². The Morgan fingerprint density at radius 1 is 1.33 bits per heavy atom. The molecule has 1 aromatic carbocycles. The average Bonchev–Trinajstić information content (AvgIpc) is 2.05. The second-order valence-corrected chi connectivity index (χ2v) is 3.32. The molecule has 1 unspecified atom stereocenters. The Balaban J connectivity index is 2.79. The van der Waals surface area contributed by atoms with Crippen LogP contribution >= 0.6 is 15.9 Å². The van der Waals surface area contributed by atoms with Crippen molar-refractivity contribution in [2.75, 3.05) is 6.67 Å². The summed E-state index contributed by atoms with van der Waals surface area (Å²) in [7, 11) is 0. The molecule has 0 aliphatic rings. The molecule has 0 amide bonds. The van der Waals surface area contributed by atoms with Crippen molar-refractivity contribution in [3.05, 3.63) is 34.3 Å². The zero-order chi connectivity index (χ0) is 8.97. The molecule has 66 valence electrons. The Morgan fingerprint density at radius 3 is 2.58 bits per heavy atom. The zero-order valence-electron chi connectivity index (χ0n) is 6.43. The lowest BCUT2D eigenvalue weighted by Gasteiger charge is -2.07. The van der Waals surface area contributed by atoms with Crippen molar-refractivity contribution >= 4 is 15.9 Å². The van der Waals surface area contributed by atoms with Crippen LogP contribution in [0.1, 0.15) is 18.2 Å². The molecule has 0 fully saturated rings. The van der Waals surface area contributed by atoms with Gasteiger partial charge in [-0.15, -0.1) is 0 Å². The van der Waals surface area contributed by atoms with Crippen LogP contribution < -0.4 is 0 Å². The quantitative estimate of drug-likeness (QED) is 0.747. The third-order valence-electron chi connectivity index (χ3n) is 1.61. The molecular formula is C9H9BrF2. The molecular weight excluding hydrogens is 226 g/mol. The molecule has 0 N–H and O–H groups in total. The summed E-state index contributed by atoms with van der Waals surface area (Å²) in [6.07, 6.45) is -1.27. The van der Waals surface area contributed by atoms with Gasteiger partial charge in [0.2, 0.25) is 0 Å². The van der Waals surface area contributed by atoms with E-state index in [2.05, 4.69) is 15.9 Å². The van der Waals surface area contributed by atoms with Crippen LogP contribution in [0.5, 0.6) is 0 Å². The van der Waals surface area contributed by atoms with Crippen LogP contribution in [-0.4, -0.2) is 6.67 Å². The first-order valence-electron chi connectivity index (χ1n) is 3.70. The second kappa shape index (κ2) is 4.55. The number of hydrogen-bond donors (Lipinski definition) is 0. The van der Waals surface area contributed by atoms with Gasteiger partial charge in [-0.2, -0.15) is 0 Å². The van der Waals surface area contributed by atoms with E-state index >= 15 is 0 Å². The van der Waals surface area contributed by atoms with Crippen molar-refractivity contribution in [1.82, 2.24) is 0 Å². The summed E-state index contributed by atoms with van der Waals surface area (Å²) in [6, 6.07) is 6.95. The van der Waals surface area contributed by atoms with E-state index in [0.29, 0.717) is 10.0 Å². The summed E-state index contributed by atoms with van der Waals surface area (Å²) < 4.78 is 25.6. The smallest absolute Gasteiger partial charge is 0.129 e. The number of rotatable bonds is 3. The normalized spacial score (nSPS) is 12.9. The fourth-order valence-corrected chi connectivity index (χ4v) is 1.51. The molecule has 1 rings (SSSR count). The molecule has 0 radical (unpaired) electrons. The highest BCUT2D eigenvalue weighted by molar-refractivity contribution is 9.10. The lowest BCUT2D eigenvalue weighted by atomic mass is 10.1. The first-order valence-corrected chi connectivity index (χ1v) is 4.49. The first-order chi connectivity index (χ1) is 5.75. The number of alkyl halides is 2. The molecule has 0 saturated carbocycles. The van der Waals surface area contributed by atoms with Gasteiger partial charge < -0.3 is 0 Å². The van der Waals surface area contributed by atoms with Gasteiger partial charge in [0.05, 0.1) is 6.67 Å². The monoisotopic (exact) mass is 234 g/mol. The number of benzene rings is 1. The van der Waals surface area contributed by atoms with Crippen molar-refractivity contribution in [2.45, 2.75) is 12.6 Å². The summed E-state index contributed by atoms with van der Waals surface area (Å²) in [5.41, 5.74) is 0.523. The van der Waals surface area contributed by atoms with E-state index in [1.807, 2.05) is 0 Å². The first kappa shape index (κ1) is 9.65. The molecule has 0 nitrogen and oxygen atoms in total. The summed E-state index contributed by atoms with van der Waals surface area (Å²) in [5.74, 6) is 0. The maximum Gasteiger partial charge on any atom is 0.129 e. The Morgan fingerprint density at radius 2 is 2.00 bits per heavy atom. The van der Waals surface area contributed by atoms with E-state index in [1.54, 1.807) is 24.3 Å². The fourth-order valence-electron chi connectivity index (χ4n) is 0.980. The molecule has 1 aromatic rings. The van der Waals surface area contributed by atoms with Gasteiger partial charge in [0.1, 0.15) is 6.17 Å². The van der Waals surface area contributed by atoms with Gasteiger partial charge in [0.25, 0.3) is 0 Å². The van der Waals surface area contributed by atoms with Crippen LogP contribution in [0.4, 0.5) is 8.78 Å². The van der Waals surface area contributed by atoms with Crippen LogP contribution in [0.3, 0.4) is 0 Å². The summed E-state index contributed by atoms with van der Waals surface area (Å²) in [6.45, 7) is -0.623. The standard InChI is InChI=1S/C9H9BrF2/c10-8-4-2-1-3-7(8)9(12)5-6-11/h1-4,9H,5-6H2. The Hall–Kier alpha value is -0.440. The summed E-state index contributed by atoms with van der Waals surface area (Å²) >= 11 is 3.20. The van der Waals surface area contributed by atoms with Crippen LogP contribution in [-0.2, 0) is 0 Å². The molecule has 3 heteroatoms. The van der Waals surface area contributed by atoms with Crippen LogP contribution in [0.2, 0.25) is 0 Å². The topological polar surface area (TPSA) is 0 Å². The third kappa shape index (κ3) is 2.27. The molecule has 0 aliphatic heterocycles. The second-order valence-electron chi connectivity index (χ2n) is 2.47. The Kier molecular flexibility index (Phi) is 3.66. The summed E-state index contributed by atoms with van der Waals surface area (Å²) in [4.78, 5) is 0. The maximum atomic E-state index is 13.1. The van der Waals surface area contributed by atoms with Crippen LogP contribution in [0, 0.1) is 0 Å². The molecule has 1 atom stereocenters. The van der Waals surface area contributed by atoms with E-state index in [9.17, 15) is 8.78 Å². The molecule has 12 heavy (non-hydrogen) atoms. The minimum Gasteiger partial charge on any atom is -0.251 e. The molecule has 0 aromatic heterocycles. The van der Waals surface area contributed by atoms with Crippen LogP contribution in [0.15, 0.2) is 28.7 Å². The van der Waals surface area contributed by atoms with Gasteiger partial charge in [0.15, 0.2) is 0 Å². The lowest BCUT2D eigenvalue weighted by molar-refractivity contribution is 0.289. The fraction of sp³-hybridized carbons (Fsp3) is 0.333. The van der Waals surface area contributed by atoms with E-state index in [1.165, 1.54) is 0 Å². The van der Waals surface area contributed by atoms with E-state index in [4.69, 9.17) is 0 Å². The highest BCUT2D eigenvalue weighted by Crippen LogP contribution is 2.28. The van der Waals surface area contributed by atoms with Gasteiger partial charge in [-0.3, -0.25) is 4.39 Å². The van der Waals surface area contributed by atoms with E-state index < -0.39 is 12.8 Å². The SMILES string of the molecule is FCCC(F)c1ccccc1Br. The van der Waals surface area contributed by atoms with Crippen molar-refractivity contribution < 1.29 is 8.78 Å². The molecule has 0 aliphatic carbocycles. The minimum absolute atomic E-state index is 0.0669. The molecule has 0 saturated heterocycles. The summed E-state index contributed by atoms with van der Waals surface area (Å²) in [5, 5.41) is 0. The van der Waals surface area contributed by atoms with Crippen molar-refractivity contribution in [2.24, 2.45) is 0 Å². The van der Waals surface area contributed by atoms with Gasteiger partial charge in [-0.25, -0.2) is 4.39 Å². The minimum atomic E-state index is -1.20. The molecule has 0 heterocycles. The van der Waals surface area contributed by atoms with E-state index in [0.717, 1.165) is 0 Å². The largest absolute Gasteiger partial charge is 0.251 e. The van der Waals surface area contributed by atoms with Crippen molar-refractivity contribution in [3.8, 4) is 0 Å². The number of hydrogen-bond acceptors (Lipinski definition) is 0. The average molecular weight is 235 g/mol. The van der Waals surface area contributed by atoms with Gasteiger partial charge >= 0.3 is 0 Å². The van der Waals surface area contributed by atoms with E-state index in [-0.39, 0.29) is 6.42 Å². The van der Waals surface area contributed by atoms with Crippen molar-refractivity contribution in [3.63, 3.8) is 0 Å². The molecule has 0 spiro atoms. The van der Waals surface area contributed by atoms with Crippen molar-refractivity contribution in [1.29, 1.82) is 0 Å². The Labute approximate surface area is 78.7 Å². The van der Waals surface area contributed by atoms with Gasteiger partial charge in [0, 0.05) is 16.5 Å². The highest BCUT2D eigenvalue weighted by atomic mass is 79.9. The van der Waals surface area contributed by atoms with Gasteiger partial charge in [-0.1, -0.05) is 34.1 Å². The Bertz CT molecular complexity index is 250. The molecule has 0 bridgehead atoms. The number of halogens is 3.